The highest BCUT2D eigenvalue weighted by atomic mass is 35.5. The fourth-order valence-corrected chi connectivity index (χ4v) is 2.69. The molecule has 0 bridgehead atoms. The Morgan fingerprint density at radius 2 is 1.53 bits per heavy atom. The van der Waals surface area contributed by atoms with Crippen molar-refractivity contribution in [3.63, 3.8) is 0 Å². The molecule has 0 atom stereocenters. The maximum Gasteiger partial charge on any atom is 0.0465 e. The first kappa shape index (κ1) is 13.2. The molecule has 2 rings (SSSR count). The van der Waals surface area contributed by atoms with E-state index in [0.717, 1.165) is 54.9 Å². The van der Waals surface area contributed by atoms with Gasteiger partial charge in [-0.25, -0.2) is 0 Å². The van der Waals surface area contributed by atoms with E-state index in [1.165, 1.54) is 0 Å². The minimum atomic E-state index is 0.774. The zero-order chi connectivity index (χ0) is 12.3. The Bertz CT molecular complexity index is 353. The molecule has 2 nitrogen and oxygen atoms in total. The van der Waals surface area contributed by atoms with Crippen molar-refractivity contribution < 1.29 is 0 Å². The molecule has 1 heterocycles. The first-order valence-electron chi connectivity index (χ1n) is 6.08. The lowest BCUT2D eigenvalue weighted by molar-refractivity contribution is 0.132. The van der Waals surface area contributed by atoms with Crippen LogP contribution in [0, 0.1) is 0 Å². The van der Waals surface area contributed by atoms with Crippen molar-refractivity contribution in [3.05, 3.63) is 33.8 Å². The highest BCUT2D eigenvalue weighted by Gasteiger charge is 2.17. The number of benzene rings is 1. The smallest absolute Gasteiger partial charge is 0.0465 e. The molecule has 0 aromatic heterocycles. The molecule has 0 aliphatic carbocycles. The van der Waals surface area contributed by atoms with E-state index in [0.29, 0.717) is 0 Å². The van der Waals surface area contributed by atoms with E-state index in [1.807, 2.05) is 18.2 Å². The van der Waals surface area contributed by atoms with E-state index < -0.39 is 0 Å². The molecular formula is C13H18Cl2N2. The molecule has 1 aliphatic rings. The van der Waals surface area contributed by atoms with Crippen molar-refractivity contribution >= 4 is 23.2 Å². The van der Waals surface area contributed by atoms with Crippen LogP contribution in [-0.2, 0) is 6.54 Å². The van der Waals surface area contributed by atoms with Crippen LogP contribution in [0.25, 0.3) is 0 Å². The number of piperazine rings is 1. The Morgan fingerprint density at radius 1 is 1.00 bits per heavy atom. The van der Waals surface area contributed by atoms with Gasteiger partial charge in [0.25, 0.3) is 0 Å². The average Bonchev–Trinajstić information content (AvgIpc) is 2.35. The zero-order valence-electron chi connectivity index (χ0n) is 10.1. The van der Waals surface area contributed by atoms with Crippen LogP contribution < -0.4 is 0 Å². The van der Waals surface area contributed by atoms with Gasteiger partial charge in [0.1, 0.15) is 0 Å². The normalized spacial score (nSPS) is 18.5. The van der Waals surface area contributed by atoms with Gasteiger partial charge in [0, 0.05) is 48.3 Å². The van der Waals surface area contributed by atoms with Crippen molar-refractivity contribution in [2.75, 3.05) is 32.7 Å². The van der Waals surface area contributed by atoms with E-state index >= 15 is 0 Å². The molecule has 1 aliphatic heterocycles. The summed E-state index contributed by atoms with van der Waals surface area (Å²) in [6, 6.07) is 5.71. The van der Waals surface area contributed by atoms with Crippen LogP contribution in [0.3, 0.4) is 0 Å². The molecule has 4 heteroatoms. The van der Waals surface area contributed by atoms with Crippen molar-refractivity contribution in [1.82, 2.24) is 9.80 Å². The van der Waals surface area contributed by atoms with E-state index in [-0.39, 0.29) is 0 Å². The van der Waals surface area contributed by atoms with Crippen LogP contribution in [0.1, 0.15) is 12.5 Å². The minimum absolute atomic E-state index is 0.774. The molecule has 1 saturated heterocycles. The summed E-state index contributed by atoms with van der Waals surface area (Å²) in [6.45, 7) is 8.67. The molecular weight excluding hydrogens is 255 g/mol. The Morgan fingerprint density at radius 3 is 2.06 bits per heavy atom. The highest BCUT2D eigenvalue weighted by molar-refractivity contribution is 6.35. The predicted octanol–water partition coefficient (Wildman–Crippen LogP) is 3.13. The van der Waals surface area contributed by atoms with E-state index in [1.54, 1.807) is 0 Å². The van der Waals surface area contributed by atoms with E-state index in [9.17, 15) is 0 Å². The zero-order valence-corrected chi connectivity index (χ0v) is 11.6. The average molecular weight is 273 g/mol. The third kappa shape index (κ3) is 3.35. The van der Waals surface area contributed by atoms with Crippen molar-refractivity contribution in [1.29, 1.82) is 0 Å². The van der Waals surface area contributed by atoms with Gasteiger partial charge in [0.05, 0.1) is 0 Å². The van der Waals surface area contributed by atoms with Gasteiger partial charge in [-0.3, -0.25) is 4.90 Å². The van der Waals surface area contributed by atoms with Gasteiger partial charge in [-0.2, -0.15) is 0 Å². The fraction of sp³-hybridized carbons (Fsp3) is 0.538. The first-order valence-corrected chi connectivity index (χ1v) is 6.84. The van der Waals surface area contributed by atoms with Gasteiger partial charge in [-0.1, -0.05) is 36.2 Å². The summed E-state index contributed by atoms with van der Waals surface area (Å²) in [6.07, 6.45) is 0. The molecule has 1 aromatic carbocycles. The summed E-state index contributed by atoms with van der Waals surface area (Å²) in [4.78, 5) is 4.88. The van der Waals surface area contributed by atoms with Crippen molar-refractivity contribution in [2.45, 2.75) is 13.5 Å². The maximum atomic E-state index is 6.18. The van der Waals surface area contributed by atoms with Crippen LogP contribution in [0.15, 0.2) is 18.2 Å². The third-order valence-corrected chi connectivity index (χ3v) is 4.06. The van der Waals surface area contributed by atoms with Crippen molar-refractivity contribution in [2.24, 2.45) is 0 Å². The molecule has 0 N–H and O–H groups in total. The molecule has 0 saturated carbocycles. The van der Waals surface area contributed by atoms with E-state index in [2.05, 4.69) is 16.7 Å². The molecule has 17 heavy (non-hydrogen) atoms. The molecule has 1 aromatic rings. The number of hydrogen-bond acceptors (Lipinski definition) is 2. The molecule has 0 amide bonds. The number of likely N-dealkylation sites (N-methyl/N-ethyl adjacent to an activating group) is 1. The SMILES string of the molecule is CCN1CCN(Cc2c(Cl)cccc2Cl)CC1. The monoisotopic (exact) mass is 272 g/mol. The second-order valence-corrected chi connectivity index (χ2v) is 5.23. The summed E-state index contributed by atoms with van der Waals surface area (Å²) < 4.78 is 0. The lowest BCUT2D eigenvalue weighted by atomic mass is 10.2. The number of nitrogens with zero attached hydrogens (tertiary/aromatic N) is 2. The third-order valence-electron chi connectivity index (χ3n) is 3.36. The summed E-state index contributed by atoms with van der Waals surface area (Å²) in [7, 11) is 0. The Labute approximate surface area is 113 Å². The summed E-state index contributed by atoms with van der Waals surface area (Å²) in [5, 5.41) is 1.55. The van der Waals surface area contributed by atoms with Crippen LogP contribution in [-0.4, -0.2) is 42.5 Å². The van der Waals surface area contributed by atoms with Crippen molar-refractivity contribution in [3.8, 4) is 0 Å². The highest BCUT2D eigenvalue weighted by Crippen LogP contribution is 2.25. The number of halogens is 2. The van der Waals surface area contributed by atoms with Crippen LogP contribution >= 0.6 is 23.2 Å². The Hall–Kier alpha value is -0.280. The first-order chi connectivity index (χ1) is 8.20. The lowest BCUT2D eigenvalue weighted by Crippen LogP contribution is -2.45. The van der Waals surface area contributed by atoms with E-state index in [4.69, 9.17) is 23.2 Å². The van der Waals surface area contributed by atoms with Gasteiger partial charge in [0.2, 0.25) is 0 Å². The number of hydrogen-bond donors (Lipinski definition) is 0. The largest absolute Gasteiger partial charge is 0.301 e. The van der Waals surface area contributed by atoms with Gasteiger partial charge >= 0.3 is 0 Å². The molecule has 0 radical (unpaired) electrons. The van der Waals surface area contributed by atoms with Gasteiger partial charge < -0.3 is 4.90 Å². The van der Waals surface area contributed by atoms with Crippen LogP contribution in [0.2, 0.25) is 10.0 Å². The van der Waals surface area contributed by atoms with Crippen LogP contribution in [0.4, 0.5) is 0 Å². The second-order valence-electron chi connectivity index (χ2n) is 4.41. The quantitative estimate of drug-likeness (QED) is 0.834. The Kier molecular flexibility index (Phi) is 4.69. The summed E-state index contributed by atoms with van der Waals surface area (Å²) in [5.41, 5.74) is 1.06. The van der Waals surface area contributed by atoms with Gasteiger partial charge in [-0.05, 0) is 18.7 Å². The molecule has 94 valence electrons. The minimum Gasteiger partial charge on any atom is -0.301 e. The van der Waals surface area contributed by atoms with Gasteiger partial charge in [-0.15, -0.1) is 0 Å². The maximum absolute atomic E-state index is 6.18. The molecule has 0 spiro atoms. The predicted molar refractivity (Wildman–Crippen MR) is 73.9 cm³/mol. The Balaban J connectivity index is 1.98. The summed E-state index contributed by atoms with van der Waals surface area (Å²) in [5.74, 6) is 0. The van der Waals surface area contributed by atoms with Gasteiger partial charge in [0.15, 0.2) is 0 Å². The lowest BCUT2D eigenvalue weighted by Gasteiger charge is -2.34. The summed E-state index contributed by atoms with van der Waals surface area (Å²) >= 11 is 12.4. The topological polar surface area (TPSA) is 6.48 Å². The molecule has 0 unspecified atom stereocenters. The number of rotatable bonds is 3. The van der Waals surface area contributed by atoms with Crippen LogP contribution in [0.5, 0.6) is 0 Å². The second kappa shape index (κ2) is 6.05. The fourth-order valence-electron chi connectivity index (χ4n) is 2.17. The standard InChI is InChI=1S/C13H18Cl2N2/c1-2-16-6-8-17(9-7-16)10-11-12(14)4-3-5-13(11)15/h3-5H,2,6-10H2,1H3. The molecule has 1 fully saturated rings.